The molecule has 2 N–H and O–H groups in total. The number of urea groups is 1. The third-order valence-electron chi connectivity index (χ3n) is 3.13. The van der Waals surface area contributed by atoms with Gasteiger partial charge in [-0.2, -0.15) is 0 Å². The summed E-state index contributed by atoms with van der Waals surface area (Å²) in [5, 5.41) is 5.29. The molecule has 7 heteroatoms. The summed E-state index contributed by atoms with van der Waals surface area (Å²) >= 11 is 1.65. The first-order valence-corrected chi connectivity index (χ1v) is 8.27. The molecule has 6 nitrogen and oxygen atoms in total. The van der Waals surface area contributed by atoms with Gasteiger partial charge in [-0.15, -0.1) is 11.3 Å². The second-order valence-corrected chi connectivity index (χ2v) is 6.43. The molecule has 0 atom stereocenters. The molecular formula is C16H21N3O3S. The number of hydrogen-bond acceptors (Lipinski definition) is 4. The van der Waals surface area contributed by atoms with Gasteiger partial charge in [-0.3, -0.25) is 4.79 Å². The molecule has 3 amide bonds. The molecule has 0 spiro atoms. The van der Waals surface area contributed by atoms with Gasteiger partial charge in [-0.05, 0) is 38.1 Å². The van der Waals surface area contributed by atoms with Crippen LogP contribution in [0.1, 0.15) is 22.4 Å². The van der Waals surface area contributed by atoms with E-state index in [2.05, 4.69) is 10.6 Å². The summed E-state index contributed by atoms with van der Waals surface area (Å²) in [5.74, 6) is 0.497. The van der Waals surface area contributed by atoms with E-state index in [-0.39, 0.29) is 18.5 Å². The number of thiophene rings is 1. The van der Waals surface area contributed by atoms with Gasteiger partial charge in [0.1, 0.15) is 5.76 Å². The van der Waals surface area contributed by atoms with Gasteiger partial charge in [0.25, 0.3) is 0 Å². The van der Waals surface area contributed by atoms with E-state index in [0.29, 0.717) is 25.4 Å². The molecule has 0 saturated carbocycles. The Kier molecular flexibility index (Phi) is 6.22. The molecule has 0 unspecified atom stereocenters. The van der Waals surface area contributed by atoms with Crippen molar-refractivity contribution in [2.24, 2.45) is 0 Å². The molecule has 0 aliphatic carbocycles. The van der Waals surface area contributed by atoms with Gasteiger partial charge in [-0.1, -0.05) is 0 Å². The average molecular weight is 335 g/mol. The number of carbonyl (C=O) groups is 2. The largest absolute Gasteiger partial charge is 0.467 e. The SMILES string of the molecule is CCNC(=O)CNC(=O)N(Cc1ccco1)Cc1ccc(C)s1. The van der Waals surface area contributed by atoms with Crippen molar-refractivity contribution in [3.8, 4) is 0 Å². The van der Waals surface area contributed by atoms with E-state index in [9.17, 15) is 9.59 Å². The van der Waals surface area contributed by atoms with E-state index in [4.69, 9.17) is 4.42 Å². The van der Waals surface area contributed by atoms with Crippen LogP contribution in [0.15, 0.2) is 34.9 Å². The van der Waals surface area contributed by atoms with E-state index in [1.54, 1.807) is 28.6 Å². The lowest BCUT2D eigenvalue weighted by molar-refractivity contribution is -0.120. The number of nitrogens with one attached hydrogen (secondary N) is 2. The normalized spacial score (nSPS) is 10.3. The second-order valence-electron chi connectivity index (χ2n) is 5.06. The van der Waals surface area contributed by atoms with Gasteiger partial charge in [0.2, 0.25) is 5.91 Å². The first kappa shape index (κ1) is 17.1. The number of furan rings is 1. The van der Waals surface area contributed by atoms with Crippen LogP contribution in [0.5, 0.6) is 0 Å². The molecule has 2 aromatic heterocycles. The molecule has 23 heavy (non-hydrogen) atoms. The maximum absolute atomic E-state index is 12.4. The van der Waals surface area contributed by atoms with Crippen LogP contribution in [0.4, 0.5) is 4.79 Å². The Morgan fingerprint density at radius 1 is 1.22 bits per heavy atom. The summed E-state index contributed by atoms with van der Waals surface area (Å²) < 4.78 is 5.32. The second kappa shape index (κ2) is 8.38. The van der Waals surface area contributed by atoms with Crippen molar-refractivity contribution in [3.63, 3.8) is 0 Å². The Morgan fingerprint density at radius 3 is 2.65 bits per heavy atom. The van der Waals surface area contributed by atoms with Gasteiger partial charge in [0, 0.05) is 16.3 Å². The zero-order chi connectivity index (χ0) is 16.7. The van der Waals surface area contributed by atoms with Crippen LogP contribution in [-0.2, 0) is 17.9 Å². The summed E-state index contributed by atoms with van der Waals surface area (Å²) in [7, 11) is 0. The summed E-state index contributed by atoms with van der Waals surface area (Å²) in [5.41, 5.74) is 0. The van der Waals surface area contributed by atoms with Crippen molar-refractivity contribution >= 4 is 23.3 Å². The van der Waals surface area contributed by atoms with Crippen molar-refractivity contribution in [2.75, 3.05) is 13.1 Å². The molecular weight excluding hydrogens is 314 g/mol. The van der Waals surface area contributed by atoms with Crippen LogP contribution in [0, 0.1) is 6.92 Å². The molecule has 2 rings (SSSR count). The minimum absolute atomic E-state index is 0.0369. The lowest BCUT2D eigenvalue weighted by atomic mass is 10.3. The highest BCUT2D eigenvalue weighted by Gasteiger charge is 2.17. The van der Waals surface area contributed by atoms with Crippen molar-refractivity contribution in [1.29, 1.82) is 0 Å². The molecule has 0 saturated heterocycles. The predicted molar refractivity (Wildman–Crippen MR) is 89.1 cm³/mol. The Hall–Kier alpha value is -2.28. The van der Waals surface area contributed by atoms with Crippen molar-refractivity contribution in [3.05, 3.63) is 46.0 Å². The Morgan fingerprint density at radius 2 is 2.04 bits per heavy atom. The number of likely N-dealkylation sites (N-methyl/N-ethyl adjacent to an activating group) is 1. The molecule has 124 valence electrons. The lowest BCUT2D eigenvalue weighted by Gasteiger charge is -2.21. The van der Waals surface area contributed by atoms with Crippen molar-refractivity contribution in [2.45, 2.75) is 26.9 Å². The summed E-state index contributed by atoms with van der Waals surface area (Å²) in [6, 6.07) is 7.35. The molecule has 0 fully saturated rings. The molecule has 0 aliphatic rings. The van der Waals surface area contributed by atoms with E-state index in [0.717, 1.165) is 4.88 Å². The number of rotatable bonds is 7. The van der Waals surface area contributed by atoms with Gasteiger partial charge in [0.05, 0.1) is 25.9 Å². The molecule has 0 aromatic carbocycles. The molecule has 0 bridgehead atoms. The first-order chi connectivity index (χ1) is 11.1. The molecule has 2 aromatic rings. The third kappa shape index (κ3) is 5.45. The minimum atomic E-state index is -0.293. The van der Waals surface area contributed by atoms with Crippen LogP contribution in [0.25, 0.3) is 0 Å². The zero-order valence-corrected chi connectivity index (χ0v) is 14.1. The molecule has 2 heterocycles. The Labute approximate surface area is 139 Å². The Bertz CT molecular complexity index is 637. The van der Waals surface area contributed by atoms with Gasteiger partial charge in [-0.25, -0.2) is 4.79 Å². The van der Waals surface area contributed by atoms with E-state index in [1.165, 1.54) is 4.88 Å². The van der Waals surface area contributed by atoms with Crippen molar-refractivity contribution in [1.82, 2.24) is 15.5 Å². The van der Waals surface area contributed by atoms with Crippen LogP contribution >= 0.6 is 11.3 Å². The van der Waals surface area contributed by atoms with Gasteiger partial charge in [0.15, 0.2) is 0 Å². The third-order valence-corrected chi connectivity index (χ3v) is 4.12. The lowest BCUT2D eigenvalue weighted by Crippen LogP contribution is -2.43. The van der Waals surface area contributed by atoms with Crippen molar-refractivity contribution < 1.29 is 14.0 Å². The number of nitrogens with zero attached hydrogens (tertiary/aromatic N) is 1. The summed E-state index contributed by atoms with van der Waals surface area (Å²) in [4.78, 5) is 27.8. The summed E-state index contributed by atoms with van der Waals surface area (Å²) in [6.45, 7) is 5.19. The van der Waals surface area contributed by atoms with Crippen LogP contribution < -0.4 is 10.6 Å². The van der Waals surface area contributed by atoms with E-state index in [1.807, 2.05) is 32.0 Å². The number of carbonyl (C=O) groups excluding carboxylic acids is 2. The van der Waals surface area contributed by atoms with Crippen LogP contribution in [0.3, 0.4) is 0 Å². The number of hydrogen-bond donors (Lipinski definition) is 2. The molecule has 0 aliphatic heterocycles. The van der Waals surface area contributed by atoms with Crippen LogP contribution in [0.2, 0.25) is 0 Å². The topological polar surface area (TPSA) is 74.6 Å². The van der Waals surface area contributed by atoms with Crippen LogP contribution in [-0.4, -0.2) is 29.9 Å². The highest BCUT2D eigenvalue weighted by atomic mass is 32.1. The highest BCUT2D eigenvalue weighted by molar-refractivity contribution is 7.11. The van der Waals surface area contributed by atoms with E-state index < -0.39 is 0 Å². The smallest absolute Gasteiger partial charge is 0.318 e. The number of aryl methyl sites for hydroxylation is 1. The first-order valence-electron chi connectivity index (χ1n) is 7.45. The van der Waals surface area contributed by atoms with Gasteiger partial charge < -0.3 is 20.0 Å². The predicted octanol–water partition coefficient (Wildman–Crippen LogP) is 2.50. The Balaban J connectivity index is 1.99. The quantitative estimate of drug-likeness (QED) is 0.816. The molecule has 0 radical (unpaired) electrons. The fraction of sp³-hybridized carbons (Fsp3) is 0.375. The maximum Gasteiger partial charge on any atom is 0.318 e. The summed E-state index contributed by atoms with van der Waals surface area (Å²) in [6.07, 6.45) is 1.58. The monoisotopic (exact) mass is 335 g/mol. The fourth-order valence-electron chi connectivity index (χ4n) is 2.08. The van der Waals surface area contributed by atoms with E-state index >= 15 is 0 Å². The highest BCUT2D eigenvalue weighted by Crippen LogP contribution is 2.18. The zero-order valence-electron chi connectivity index (χ0n) is 13.3. The minimum Gasteiger partial charge on any atom is -0.467 e. The number of amides is 3. The average Bonchev–Trinajstić information content (AvgIpc) is 3.16. The van der Waals surface area contributed by atoms with Gasteiger partial charge >= 0.3 is 6.03 Å². The maximum atomic E-state index is 12.4. The standard InChI is InChI=1S/C16H21N3O3S/c1-3-17-15(20)9-18-16(21)19(10-13-5-4-8-22-13)11-14-7-6-12(2)23-14/h4-8H,3,9-11H2,1-2H3,(H,17,20)(H,18,21). The fourth-order valence-corrected chi connectivity index (χ4v) is 2.98.